The number of hydrogen-bond donors (Lipinski definition) is 2. The van der Waals surface area contributed by atoms with Gasteiger partial charge in [0.25, 0.3) is 11.8 Å². The number of nitrogens with one attached hydrogen (secondary N) is 2. The Bertz CT molecular complexity index is 857. The molecule has 0 bridgehead atoms. The molecule has 0 aliphatic heterocycles. The molecule has 0 saturated carbocycles. The van der Waals surface area contributed by atoms with Crippen molar-refractivity contribution in [2.75, 3.05) is 5.32 Å². The van der Waals surface area contributed by atoms with Crippen LogP contribution in [-0.2, 0) is 6.54 Å². The van der Waals surface area contributed by atoms with Crippen molar-refractivity contribution in [3.63, 3.8) is 0 Å². The van der Waals surface area contributed by atoms with Crippen molar-refractivity contribution >= 4 is 17.5 Å². The molecule has 3 rings (SSSR count). The third-order valence-corrected chi connectivity index (χ3v) is 3.51. The molecule has 1 heterocycles. The summed E-state index contributed by atoms with van der Waals surface area (Å²) in [5, 5.41) is 5.43. The molecule has 0 saturated heterocycles. The molecule has 0 atom stereocenters. The normalized spacial score (nSPS) is 10.3. The molecule has 0 aliphatic rings. The maximum atomic E-state index is 12.9. The van der Waals surface area contributed by atoms with E-state index in [0.717, 1.165) is 0 Å². The Morgan fingerprint density at radius 3 is 2.16 bits per heavy atom. The van der Waals surface area contributed by atoms with Gasteiger partial charge >= 0.3 is 0 Å². The predicted octanol–water partition coefficient (Wildman–Crippen LogP) is 3.60. The number of hydrogen-bond acceptors (Lipinski definition) is 3. The Balaban J connectivity index is 1.58. The van der Waals surface area contributed by atoms with E-state index in [1.807, 2.05) is 0 Å². The summed E-state index contributed by atoms with van der Waals surface area (Å²) >= 11 is 0. The highest BCUT2D eigenvalue weighted by molar-refractivity contribution is 6.04. The Hall–Kier alpha value is -3.41. The zero-order chi connectivity index (χ0) is 17.6. The van der Waals surface area contributed by atoms with Gasteiger partial charge < -0.3 is 15.1 Å². The minimum Gasteiger partial charge on any atom is -0.467 e. The second kappa shape index (κ2) is 7.44. The lowest BCUT2D eigenvalue weighted by Gasteiger charge is -2.07. The van der Waals surface area contributed by atoms with E-state index in [1.54, 1.807) is 42.7 Å². The summed E-state index contributed by atoms with van der Waals surface area (Å²) < 4.78 is 18.0. The first-order chi connectivity index (χ1) is 12.1. The van der Waals surface area contributed by atoms with Gasteiger partial charge in [-0.05, 0) is 60.7 Å². The van der Waals surface area contributed by atoms with Crippen LogP contribution in [0, 0.1) is 5.82 Å². The van der Waals surface area contributed by atoms with Gasteiger partial charge in [-0.15, -0.1) is 0 Å². The molecule has 2 amide bonds. The molecule has 25 heavy (non-hydrogen) atoms. The fourth-order valence-electron chi connectivity index (χ4n) is 2.19. The second-order valence-corrected chi connectivity index (χ2v) is 5.30. The SMILES string of the molecule is O=C(NCc1ccco1)c1ccc(NC(=O)c2ccc(F)cc2)cc1. The Kier molecular flexibility index (Phi) is 4.89. The Morgan fingerprint density at radius 1 is 0.880 bits per heavy atom. The van der Waals surface area contributed by atoms with E-state index in [-0.39, 0.29) is 11.8 Å². The molecule has 3 aromatic rings. The largest absolute Gasteiger partial charge is 0.467 e. The monoisotopic (exact) mass is 338 g/mol. The molecule has 2 aromatic carbocycles. The zero-order valence-corrected chi connectivity index (χ0v) is 13.2. The number of carbonyl (C=O) groups excluding carboxylic acids is 2. The Morgan fingerprint density at radius 2 is 1.52 bits per heavy atom. The third kappa shape index (κ3) is 4.32. The van der Waals surface area contributed by atoms with E-state index in [2.05, 4.69) is 10.6 Å². The van der Waals surface area contributed by atoms with Crippen LogP contribution in [0.4, 0.5) is 10.1 Å². The first-order valence-electron chi connectivity index (χ1n) is 7.59. The van der Waals surface area contributed by atoms with Crippen molar-refractivity contribution in [1.82, 2.24) is 5.32 Å². The number of furan rings is 1. The standard InChI is InChI=1S/C19H15FN2O3/c20-15-7-3-14(4-8-15)19(24)22-16-9-5-13(6-10-16)18(23)21-12-17-2-1-11-25-17/h1-11H,12H2,(H,21,23)(H,22,24). The van der Waals surface area contributed by atoms with Crippen LogP contribution in [0.25, 0.3) is 0 Å². The molecule has 0 fully saturated rings. The lowest BCUT2D eigenvalue weighted by Crippen LogP contribution is -2.22. The third-order valence-electron chi connectivity index (χ3n) is 3.51. The van der Waals surface area contributed by atoms with Crippen LogP contribution in [0.3, 0.4) is 0 Å². The van der Waals surface area contributed by atoms with Crippen LogP contribution in [0.1, 0.15) is 26.5 Å². The second-order valence-electron chi connectivity index (χ2n) is 5.30. The smallest absolute Gasteiger partial charge is 0.255 e. The first kappa shape index (κ1) is 16.4. The molecular weight excluding hydrogens is 323 g/mol. The molecular formula is C19H15FN2O3. The highest BCUT2D eigenvalue weighted by atomic mass is 19.1. The van der Waals surface area contributed by atoms with Crippen LogP contribution in [0.2, 0.25) is 0 Å². The van der Waals surface area contributed by atoms with Crippen LogP contribution in [0.15, 0.2) is 71.3 Å². The lowest BCUT2D eigenvalue weighted by molar-refractivity contribution is 0.0947. The van der Waals surface area contributed by atoms with Crippen molar-refractivity contribution in [3.05, 3.63) is 89.6 Å². The summed E-state index contributed by atoms with van der Waals surface area (Å²) in [4.78, 5) is 24.1. The van der Waals surface area contributed by atoms with Gasteiger partial charge in [-0.2, -0.15) is 0 Å². The summed E-state index contributed by atoms with van der Waals surface area (Å²) in [7, 11) is 0. The number of rotatable bonds is 5. The number of anilines is 1. The molecule has 126 valence electrons. The highest BCUT2D eigenvalue weighted by Crippen LogP contribution is 2.12. The highest BCUT2D eigenvalue weighted by Gasteiger charge is 2.09. The number of amides is 2. The molecule has 2 N–H and O–H groups in total. The summed E-state index contributed by atoms with van der Waals surface area (Å²) in [6.45, 7) is 0.300. The van der Waals surface area contributed by atoms with Gasteiger partial charge in [0, 0.05) is 16.8 Å². The zero-order valence-electron chi connectivity index (χ0n) is 13.2. The molecule has 0 radical (unpaired) electrons. The van der Waals surface area contributed by atoms with Gasteiger partial charge in [-0.3, -0.25) is 9.59 Å². The number of benzene rings is 2. The average molecular weight is 338 g/mol. The van der Waals surface area contributed by atoms with E-state index < -0.39 is 5.82 Å². The van der Waals surface area contributed by atoms with Gasteiger partial charge in [0.2, 0.25) is 0 Å². The fourth-order valence-corrected chi connectivity index (χ4v) is 2.19. The van der Waals surface area contributed by atoms with E-state index in [0.29, 0.717) is 29.1 Å². The van der Waals surface area contributed by atoms with Crippen LogP contribution in [-0.4, -0.2) is 11.8 Å². The van der Waals surface area contributed by atoms with Crippen molar-refractivity contribution in [2.24, 2.45) is 0 Å². The first-order valence-corrected chi connectivity index (χ1v) is 7.59. The fraction of sp³-hybridized carbons (Fsp3) is 0.0526. The van der Waals surface area contributed by atoms with E-state index in [9.17, 15) is 14.0 Å². The quantitative estimate of drug-likeness (QED) is 0.747. The van der Waals surface area contributed by atoms with Gasteiger partial charge in [-0.1, -0.05) is 0 Å². The maximum Gasteiger partial charge on any atom is 0.255 e. The molecule has 0 aliphatic carbocycles. The summed E-state index contributed by atoms with van der Waals surface area (Å²) in [6, 6.07) is 15.3. The molecule has 6 heteroatoms. The minimum atomic E-state index is -0.401. The summed E-state index contributed by atoms with van der Waals surface area (Å²) in [6.07, 6.45) is 1.54. The summed E-state index contributed by atoms with van der Waals surface area (Å²) in [5.41, 5.74) is 1.35. The van der Waals surface area contributed by atoms with E-state index in [1.165, 1.54) is 24.3 Å². The maximum absolute atomic E-state index is 12.9. The van der Waals surface area contributed by atoms with Gasteiger partial charge in [0.15, 0.2) is 0 Å². The van der Waals surface area contributed by atoms with Gasteiger partial charge in [0.05, 0.1) is 12.8 Å². The minimum absolute atomic E-state index is 0.243. The van der Waals surface area contributed by atoms with Crippen molar-refractivity contribution in [2.45, 2.75) is 6.54 Å². The lowest BCUT2D eigenvalue weighted by atomic mass is 10.1. The number of halogens is 1. The summed E-state index contributed by atoms with van der Waals surface area (Å²) in [5.74, 6) is -0.333. The predicted molar refractivity (Wildman–Crippen MR) is 90.7 cm³/mol. The van der Waals surface area contributed by atoms with E-state index >= 15 is 0 Å². The van der Waals surface area contributed by atoms with Crippen LogP contribution >= 0.6 is 0 Å². The van der Waals surface area contributed by atoms with E-state index in [4.69, 9.17) is 4.42 Å². The van der Waals surface area contributed by atoms with Crippen LogP contribution in [0.5, 0.6) is 0 Å². The molecule has 0 spiro atoms. The molecule has 0 unspecified atom stereocenters. The molecule has 1 aromatic heterocycles. The van der Waals surface area contributed by atoms with Gasteiger partial charge in [-0.25, -0.2) is 4.39 Å². The van der Waals surface area contributed by atoms with Crippen molar-refractivity contribution in [3.8, 4) is 0 Å². The van der Waals surface area contributed by atoms with Gasteiger partial charge in [0.1, 0.15) is 11.6 Å². The van der Waals surface area contributed by atoms with Crippen LogP contribution < -0.4 is 10.6 Å². The average Bonchev–Trinajstić information content (AvgIpc) is 3.14. The molecule has 5 nitrogen and oxygen atoms in total. The number of carbonyl (C=O) groups is 2. The van der Waals surface area contributed by atoms with Crippen molar-refractivity contribution < 1.29 is 18.4 Å². The Labute approximate surface area is 143 Å². The van der Waals surface area contributed by atoms with Crippen molar-refractivity contribution in [1.29, 1.82) is 0 Å². The topological polar surface area (TPSA) is 71.3 Å².